The van der Waals surface area contributed by atoms with Gasteiger partial charge in [0.25, 0.3) is 0 Å². The number of fused-ring (bicyclic) bond motifs is 1. The van der Waals surface area contributed by atoms with Crippen LogP contribution in [0.5, 0.6) is 0 Å². The predicted molar refractivity (Wildman–Crippen MR) is 80.8 cm³/mol. The number of nitrogens with two attached hydrogens (primary N) is 1. The highest BCUT2D eigenvalue weighted by Crippen LogP contribution is 2.23. The van der Waals surface area contributed by atoms with Crippen LogP contribution in [0.4, 0.5) is 17.3 Å². The Morgan fingerprint density at radius 2 is 2.05 bits per heavy atom. The first-order chi connectivity index (χ1) is 9.76. The molecule has 3 aromatic rings. The normalized spacial score (nSPS) is 10.7. The summed E-state index contributed by atoms with van der Waals surface area (Å²) in [6.07, 6.45) is 4.21. The van der Waals surface area contributed by atoms with E-state index in [0.717, 1.165) is 28.8 Å². The second-order valence-corrected chi connectivity index (χ2v) is 4.53. The molecule has 0 saturated heterocycles. The zero-order valence-corrected chi connectivity index (χ0v) is 11.2. The number of anilines is 3. The number of benzene rings is 1. The Hall–Kier alpha value is -2.69. The highest BCUT2D eigenvalue weighted by molar-refractivity contribution is 5.90. The molecule has 5 nitrogen and oxygen atoms in total. The SMILES string of the molecule is CCc1cccc(Nc2ncnc3cc(N)ncc23)c1. The predicted octanol–water partition coefficient (Wildman–Crippen LogP) is 2.91. The van der Waals surface area contributed by atoms with Gasteiger partial charge in [-0.05, 0) is 24.1 Å². The summed E-state index contributed by atoms with van der Waals surface area (Å²) in [5, 5.41) is 4.16. The molecule has 0 saturated carbocycles. The van der Waals surface area contributed by atoms with Crippen LogP contribution in [-0.4, -0.2) is 15.0 Å². The number of nitrogen functional groups attached to an aromatic ring is 1. The van der Waals surface area contributed by atoms with E-state index in [1.165, 1.54) is 11.9 Å². The zero-order valence-electron chi connectivity index (χ0n) is 11.2. The minimum absolute atomic E-state index is 0.454. The van der Waals surface area contributed by atoms with E-state index in [1.807, 2.05) is 12.1 Å². The van der Waals surface area contributed by atoms with Crippen LogP contribution in [0, 0.1) is 0 Å². The first-order valence-corrected chi connectivity index (χ1v) is 6.48. The first-order valence-electron chi connectivity index (χ1n) is 6.48. The molecule has 20 heavy (non-hydrogen) atoms. The maximum atomic E-state index is 5.67. The second-order valence-electron chi connectivity index (χ2n) is 4.53. The molecule has 3 rings (SSSR count). The Morgan fingerprint density at radius 3 is 2.90 bits per heavy atom. The molecule has 0 aliphatic carbocycles. The van der Waals surface area contributed by atoms with E-state index in [9.17, 15) is 0 Å². The summed E-state index contributed by atoms with van der Waals surface area (Å²) in [4.78, 5) is 12.6. The molecule has 0 atom stereocenters. The summed E-state index contributed by atoms with van der Waals surface area (Å²) < 4.78 is 0. The van der Waals surface area contributed by atoms with Gasteiger partial charge in [-0.1, -0.05) is 19.1 Å². The Bertz CT molecular complexity index is 754. The fourth-order valence-electron chi connectivity index (χ4n) is 2.07. The van der Waals surface area contributed by atoms with Crippen molar-refractivity contribution < 1.29 is 0 Å². The quantitative estimate of drug-likeness (QED) is 0.761. The molecule has 0 aliphatic rings. The fraction of sp³-hybridized carbons (Fsp3) is 0.133. The molecule has 2 heterocycles. The number of pyridine rings is 1. The molecule has 0 amide bonds. The van der Waals surface area contributed by atoms with Gasteiger partial charge in [0, 0.05) is 18.0 Å². The molecule has 1 aromatic carbocycles. The third kappa shape index (κ3) is 2.38. The topological polar surface area (TPSA) is 76.7 Å². The number of hydrogen-bond donors (Lipinski definition) is 2. The molecule has 3 N–H and O–H groups in total. The standard InChI is InChI=1S/C15H15N5/c1-2-10-4-3-5-11(6-10)20-15-12-8-17-14(16)7-13(12)18-9-19-15/h3-9H,2H2,1H3,(H2,16,17)(H,18,19,20). The molecule has 0 aliphatic heterocycles. The fourth-order valence-corrected chi connectivity index (χ4v) is 2.07. The van der Waals surface area contributed by atoms with Crippen molar-refractivity contribution in [3.8, 4) is 0 Å². The first kappa shape index (κ1) is 12.3. The summed E-state index contributed by atoms with van der Waals surface area (Å²) in [6.45, 7) is 2.13. The van der Waals surface area contributed by atoms with Gasteiger partial charge >= 0.3 is 0 Å². The average molecular weight is 265 g/mol. The highest BCUT2D eigenvalue weighted by Gasteiger charge is 2.05. The molecule has 0 radical (unpaired) electrons. The van der Waals surface area contributed by atoms with Crippen LogP contribution < -0.4 is 11.1 Å². The van der Waals surface area contributed by atoms with E-state index >= 15 is 0 Å². The number of rotatable bonds is 3. The van der Waals surface area contributed by atoms with E-state index in [2.05, 4.69) is 39.3 Å². The van der Waals surface area contributed by atoms with Crippen molar-refractivity contribution in [3.63, 3.8) is 0 Å². The van der Waals surface area contributed by atoms with Crippen LogP contribution in [-0.2, 0) is 6.42 Å². The molecule has 100 valence electrons. The van der Waals surface area contributed by atoms with Crippen molar-refractivity contribution in [1.29, 1.82) is 0 Å². The van der Waals surface area contributed by atoms with Crippen LogP contribution in [0.25, 0.3) is 10.9 Å². The Morgan fingerprint density at radius 1 is 1.15 bits per heavy atom. The Labute approximate surface area is 116 Å². The van der Waals surface area contributed by atoms with Gasteiger partial charge < -0.3 is 11.1 Å². The summed E-state index contributed by atoms with van der Waals surface area (Å²) in [7, 11) is 0. The average Bonchev–Trinajstić information content (AvgIpc) is 2.47. The van der Waals surface area contributed by atoms with Gasteiger partial charge in [-0.3, -0.25) is 0 Å². The summed E-state index contributed by atoms with van der Waals surface area (Å²) >= 11 is 0. The summed E-state index contributed by atoms with van der Waals surface area (Å²) in [6, 6.07) is 9.99. The van der Waals surface area contributed by atoms with Crippen molar-refractivity contribution in [2.24, 2.45) is 0 Å². The molecule has 0 fully saturated rings. The third-order valence-electron chi connectivity index (χ3n) is 3.14. The molecular weight excluding hydrogens is 250 g/mol. The number of nitrogens with zero attached hydrogens (tertiary/aromatic N) is 3. The van der Waals surface area contributed by atoms with E-state index in [0.29, 0.717) is 5.82 Å². The summed E-state index contributed by atoms with van der Waals surface area (Å²) in [5.41, 5.74) is 8.73. The maximum Gasteiger partial charge on any atom is 0.143 e. The number of aryl methyl sites for hydroxylation is 1. The van der Waals surface area contributed by atoms with Crippen LogP contribution in [0.2, 0.25) is 0 Å². The number of nitrogens with one attached hydrogen (secondary N) is 1. The monoisotopic (exact) mass is 265 g/mol. The molecule has 5 heteroatoms. The lowest BCUT2D eigenvalue weighted by molar-refractivity contribution is 1.14. The Kier molecular flexibility index (Phi) is 3.16. The molecule has 0 bridgehead atoms. The largest absolute Gasteiger partial charge is 0.384 e. The second kappa shape index (κ2) is 5.13. The molecule has 0 spiro atoms. The lowest BCUT2D eigenvalue weighted by Gasteiger charge is -2.09. The highest BCUT2D eigenvalue weighted by atomic mass is 15.0. The summed E-state index contributed by atoms with van der Waals surface area (Å²) in [5.74, 6) is 1.19. The molecular formula is C15H15N5. The van der Waals surface area contributed by atoms with Gasteiger partial charge in [-0.2, -0.15) is 0 Å². The molecule has 2 aromatic heterocycles. The van der Waals surface area contributed by atoms with E-state index < -0.39 is 0 Å². The van der Waals surface area contributed by atoms with Crippen molar-refractivity contribution in [2.45, 2.75) is 13.3 Å². The van der Waals surface area contributed by atoms with E-state index in [1.54, 1.807) is 12.3 Å². The van der Waals surface area contributed by atoms with Crippen LogP contribution in [0.3, 0.4) is 0 Å². The smallest absolute Gasteiger partial charge is 0.143 e. The third-order valence-corrected chi connectivity index (χ3v) is 3.14. The van der Waals surface area contributed by atoms with Gasteiger partial charge in [0.2, 0.25) is 0 Å². The maximum absolute atomic E-state index is 5.67. The Balaban J connectivity index is 2.02. The van der Waals surface area contributed by atoms with E-state index in [4.69, 9.17) is 5.73 Å². The van der Waals surface area contributed by atoms with E-state index in [-0.39, 0.29) is 0 Å². The van der Waals surface area contributed by atoms with Crippen LogP contribution >= 0.6 is 0 Å². The molecule has 0 unspecified atom stereocenters. The van der Waals surface area contributed by atoms with Crippen molar-refractivity contribution in [3.05, 3.63) is 48.4 Å². The lowest BCUT2D eigenvalue weighted by Crippen LogP contribution is -1.98. The number of hydrogen-bond acceptors (Lipinski definition) is 5. The van der Waals surface area contributed by atoms with Crippen molar-refractivity contribution in [2.75, 3.05) is 11.1 Å². The van der Waals surface area contributed by atoms with Gasteiger partial charge in [-0.15, -0.1) is 0 Å². The minimum atomic E-state index is 0.454. The van der Waals surface area contributed by atoms with Gasteiger partial charge in [0.15, 0.2) is 0 Å². The van der Waals surface area contributed by atoms with Crippen molar-refractivity contribution >= 4 is 28.2 Å². The lowest BCUT2D eigenvalue weighted by atomic mass is 10.1. The zero-order chi connectivity index (χ0) is 13.9. The minimum Gasteiger partial charge on any atom is -0.384 e. The van der Waals surface area contributed by atoms with Crippen LogP contribution in [0.1, 0.15) is 12.5 Å². The van der Waals surface area contributed by atoms with Gasteiger partial charge in [0.05, 0.1) is 10.9 Å². The van der Waals surface area contributed by atoms with Gasteiger partial charge in [-0.25, -0.2) is 15.0 Å². The van der Waals surface area contributed by atoms with Crippen LogP contribution in [0.15, 0.2) is 42.9 Å². The van der Waals surface area contributed by atoms with Gasteiger partial charge in [0.1, 0.15) is 18.0 Å². The number of aromatic nitrogens is 3. The van der Waals surface area contributed by atoms with Crippen molar-refractivity contribution in [1.82, 2.24) is 15.0 Å².